The molecule has 0 aliphatic carbocycles. The van der Waals surface area contributed by atoms with E-state index in [1.807, 2.05) is 87.5 Å². The van der Waals surface area contributed by atoms with Crippen LogP contribution in [0.3, 0.4) is 0 Å². The summed E-state index contributed by atoms with van der Waals surface area (Å²) in [6.45, 7) is 8.51. The minimum absolute atomic E-state index is 0.275. The average molecular weight is 441 g/mol. The summed E-state index contributed by atoms with van der Waals surface area (Å²) in [5.74, 6) is 0.00456. The van der Waals surface area contributed by atoms with Crippen molar-refractivity contribution in [1.29, 1.82) is 0 Å². The summed E-state index contributed by atoms with van der Waals surface area (Å²) in [5, 5.41) is 3.28. The largest absolute Gasteiger partial charge is 0.494 e. The molecular formula is C28H28N2O3. The molecule has 0 fully saturated rings. The van der Waals surface area contributed by atoms with Gasteiger partial charge in [0.15, 0.2) is 0 Å². The highest BCUT2D eigenvalue weighted by Gasteiger charge is 2.40. The molecule has 33 heavy (non-hydrogen) atoms. The van der Waals surface area contributed by atoms with Gasteiger partial charge in [0, 0.05) is 5.69 Å². The van der Waals surface area contributed by atoms with Crippen molar-refractivity contribution in [2.24, 2.45) is 0 Å². The molecule has 0 aromatic heterocycles. The maximum atomic E-state index is 13.6. The zero-order chi connectivity index (χ0) is 23.5. The molecule has 3 aromatic rings. The van der Waals surface area contributed by atoms with Gasteiger partial charge in [0.1, 0.15) is 11.4 Å². The van der Waals surface area contributed by atoms with Crippen LogP contribution in [-0.4, -0.2) is 18.4 Å². The molecule has 0 spiro atoms. The van der Waals surface area contributed by atoms with Crippen LogP contribution in [0.5, 0.6) is 5.75 Å². The van der Waals surface area contributed by atoms with Gasteiger partial charge < -0.3 is 10.1 Å². The van der Waals surface area contributed by atoms with Crippen LogP contribution in [0.1, 0.15) is 36.1 Å². The number of aryl methyl sites for hydroxylation is 3. The van der Waals surface area contributed by atoms with Crippen molar-refractivity contribution in [3.05, 3.63) is 94.7 Å². The quantitative estimate of drug-likeness (QED) is 0.482. The van der Waals surface area contributed by atoms with Crippen molar-refractivity contribution in [1.82, 2.24) is 0 Å². The van der Waals surface area contributed by atoms with Gasteiger partial charge in [0.2, 0.25) is 0 Å². The Labute approximate surface area is 194 Å². The number of benzene rings is 3. The number of hydrogen-bond acceptors (Lipinski definition) is 4. The molecule has 0 saturated heterocycles. The number of hydrogen-bond donors (Lipinski definition) is 1. The lowest BCUT2D eigenvalue weighted by Crippen LogP contribution is -2.32. The third kappa shape index (κ3) is 4.40. The lowest BCUT2D eigenvalue weighted by Gasteiger charge is -2.16. The molecule has 0 unspecified atom stereocenters. The van der Waals surface area contributed by atoms with Crippen molar-refractivity contribution < 1.29 is 14.3 Å². The fourth-order valence-corrected chi connectivity index (χ4v) is 3.92. The number of anilines is 2. The Balaban J connectivity index is 1.80. The van der Waals surface area contributed by atoms with E-state index in [4.69, 9.17) is 4.74 Å². The fourth-order valence-electron chi connectivity index (χ4n) is 3.92. The SMILES string of the molecule is CCOc1ccc(C2=C(Nc3cc(C)ccc3C)C(=O)N(c3ccc(CC)cc3)C2=O)cc1. The first-order chi connectivity index (χ1) is 15.9. The summed E-state index contributed by atoms with van der Waals surface area (Å²) in [6.07, 6.45) is 0.886. The Hall–Kier alpha value is -3.86. The van der Waals surface area contributed by atoms with Crippen LogP contribution in [-0.2, 0) is 16.0 Å². The first-order valence-corrected chi connectivity index (χ1v) is 11.2. The van der Waals surface area contributed by atoms with Gasteiger partial charge in [-0.1, -0.05) is 43.3 Å². The molecule has 0 saturated carbocycles. The number of nitrogens with zero attached hydrogens (tertiary/aromatic N) is 1. The summed E-state index contributed by atoms with van der Waals surface area (Å²) >= 11 is 0. The second kappa shape index (κ2) is 9.33. The number of imide groups is 1. The molecule has 168 valence electrons. The summed E-state index contributed by atoms with van der Waals surface area (Å²) < 4.78 is 5.54. The highest BCUT2D eigenvalue weighted by molar-refractivity contribution is 6.46. The van der Waals surface area contributed by atoms with Crippen molar-refractivity contribution in [2.75, 3.05) is 16.8 Å². The van der Waals surface area contributed by atoms with E-state index in [1.54, 1.807) is 0 Å². The molecule has 0 radical (unpaired) electrons. The fraction of sp³-hybridized carbons (Fsp3) is 0.214. The van der Waals surface area contributed by atoms with E-state index in [0.717, 1.165) is 34.5 Å². The van der Waals surface area contributed by atoms with Crippen LogP contribution in [0.25, 0.3) is 5.57 Å². The minimum atomic E-state index is -0.367. The van der Waals surface area contributed by atoms with E-state index in [2.05, 4.69) is 12.2 Å². The molecule has 5 heteroatoms. The summed E-state index contributed by atoms with van der Waals surface area (Å²) in [4.78, 5) is 28.4. The van der Waals surface area contributed by atoms with Gasteiger partial charge in [-0.05, 0) is 79.8 Å². The van der Waals surface area contributed by atoms with E-state index < -0.39 is 0 Å². The third-order valence-corrected chi connectivity index (χ3v) is 5.79. The van der Waals surface area contributed by atoms with E-state index >= 15 is 0 Å². The highest BCUT2D eigenvalue weighted by Crippen LogP contribution is 2.35. The molecule has 5 nitrogen and oxygen atoms in total. The molecular weight excluding hydrogens is 412 g/mol. The van der Waals surface area contributed by atoms with Gasteiger partial charge in [0.05, 0.1) is 17.9 Å². The maximum Gasteiger partial charge on any atom is 0.282 e. The molecule has 1 aliphatic rings. The monoisotopic (exact) mass is 440 g/mol. The normalized spacial score (nSPS) is 13.6. The molecule has 4 rings (SSSR count). The molecule has 1 N–H and O–H groups in total. The van der Waals surface area contributed by atoms with Crippen molar-refractivity contribution in [3.63, 3.8) is 0 Å². The van der Waals surface area contributed by atoms with E-state index in [-0.39, 0.29) is 17.5 Å². The lowest BCUT2D eigenvalue weighted by atomic mass is 10.0. The predicted octanol–water partition coefficient (Wildman–Crippen LogP) is 5.66. The standard InChI is InChI=1S/C28H28N2O3/c1-5-20-9-13-22(14-10-20)30-27(31)25(21-11-15-23(16-12-21)33-6-2)26(28(30)32)29-24-17-18(3)7-8-19(24)4/h7-17,29H,5-6H2,1-4H3. The van der Waals surface area contributed by atoms with Crippen LogP contribution in [0.15, 0.2) is 72.4 Å². The summed E-state index contributed by atoms with van der Waals surface area (Å²) in [6, 6.07) is 20.8. The van der Waals surface area contributed by atoms with E-state index in [9.17, 15) is 9.59 Å². The molecule has 3 aromatic carbocycles. The van der Waals surface area contributed by atoms with Crippen LogP contribution >= 0.6 is 0 Å². The average Bonchev–Trinajstić information content (AvgIpc) is 3.06. The Morgan fingerprint density at radius 2 is 1.55 bits per heavy atom. The second-order valence-electron chi connectivity index (χ2n) is 8.12. The smallest absolute Gasteiger partial charge is 0.282 e. The van der Waals surface area contributed by atoms with Gasteiger partial charge in [-0.15, -0.1) is 0 Å². The maximum absolute atomic E-state index is 13.6. The predicted molar refractivity (Wildman–Crippen MR) is 132 cm³/mol. The summed E-state index contributed by atoms with van der Waals surface area (Å²) in [5.41, 5.74) is 5.85. The third-order valence-electron chi connectivity index (χ3n) is 5.79. The van der Waals surface area contributed by atoms with E-state index in [1.165, 1.54) is 4.90 Å². The number of carbonyl (C=O) groups excluding carboxylic acids is 2. The van der Waals surface area contributed by atoms with Crippen molar-refractivity contribution in [2.45, 2.75) is 34.1 Å². The molecule has 1 heterocycles. The lowest BCUT2D eigenvalue weighted by molar-refractivity contribution is -0.120. The first-order valence-electron chi connectivity index (χ1n) is 11.2. The van der Waals surface area contributed by atoms with Crippen LogP contribution in [0, 0.1) is 13.8 Å². The van der Waals surface area contributed by atoms with Gasteiger partial charge in [-0.25, -0.2) is 4.90 Å². The number of carbonyl (C=O) groups is 2. The number of rotatable bonds is 7. The van der Waals surface area contributed by atoms with Gasteiger partial charge >= 0.3 is 0 Å². The Morgan fingerprint density at radius 3 is 2.18 bits per heavy atom. The zero-order valence-corrected chi connectivity index (χ0v) is 19.4. The molecule has 0 bridgehead atoms. The first kappa shape index (κ1) is 22.3. The molecule has 2 amide bonds. The second-order valence-corrected chi connectivity index (χ2v) is 8.12. The van der Waals surface area contributed by atoms with Crippen LogP contribution in [0.2, 0.25) is 0 Å². The topological polar surface area (TPSA) is 58.6 Å². The molecule has 1 aliphatic heterocycles. The van der Waals surface area contributed by atoms with Gasteiger partial charge in [0.25, 0.3) is 11.8 Å². The number of amides is 2. The Bertz CT molecular complexity index is 1230. The van der Waals surface area contributed by atoms with Crippen molar-refractivity contribution in [3.8, 4) is 5.75 Å². The van der Waals surface area contributed by atoms with Crippen molar-refractivity contribution >= 4 is 28.8 Å². The van der Waals surface area contributed by atoms with E-state index in [0.29, 0.717) is 23.4 Å². The number of nitrogens with one attached hydrogen (secondary N) is 1. The Kier molecular flexibility index (Phi) is 6.31. The van der Waals surface area contributed by atoms with Crippen LogP contribution < -0.4 is 15.0 Å². The highest BCUT2D eigenvalue weighted by atomic mass is 16.5. The number of ether oxygens (including phenoxy) is 1. The molecule has 0 atom stereocenters. The van der Waals surface area contributed by atoms with Gasteiger partial charge in [-0.2, -0.15) is 0 Å². The van der Waals surface area contributed by atoms with Gasteiger partial charge in [-0.3, -0.25) is 9.59 Å². The zero-order valence-electron chi connectivity index (χ0n) is 19.4. The minimum Gasteiger partial charge on any atom is -0.494 e. The van der Waals surface area contributed by atoms with Crippen LogP contribution in [0.4, 0.5) is 11.4 Å². The Morgan fingerprint density at radius 1 is 0.848 bits per heavy atom. The summed E-state index contributed by atoms with van der Waals surface area (Å²) in [7, 11) is 0.